The highest BCUT2D eigenvalue weighted by Crippen LogP contribution is 2.05. The summed E-state index contributed by atoms with van der Waals surface area (Å²) in [5, 5.41) is 17.6. The molecule has 4 N–H and O–H groups in total. The third-order valence-corrected chi connectivity index (χ3v) is 2.67. The lowest BCUT2D eigenvalue weighted by atomic mass is 10.2. The van der Waals surface area contributed by atoms with E-state index < -0.39 is 6.10 Å². The molecule has 1 rings (SSSR count). The maximum Gasteiger partial charge on any atom is 0.237 e. The van der Waals surface area contributed by atoms with Gasteiger partial charge in [0.25, 0.3) is 0 Å². The average Bonchev–Trinajstić information content (AvgIpc) is 2.70. The Bertz CT molecular complexity index is 281. The van der Waals surface area contributed by atoms with E-state index in [2.05, 4.69) is 16.0 Å². The topological polar surface area (TPSA) is 90.5 Å². The Balaban J connectivity index is 2.10. The van der Waals surface area contributed by atoms with Crippen molar-refractivity contribution in [3.8, 4) is 0 Å². The Morgan fingerprint density at radius 1 is 1.35 bits per heavy atom. The van der Waals surface area contributed by atoms with E-state index in [1.165, 1.54) is 0 Å². The van der Waals surface area contributed by atoms with Gasteiger partial charge in [-0.2, -0.15) is 0 Å². The highest BCUT2D eigenvalue weighted by atomic mass is 16.3. The van der Waals surface area contributed by atoms with Gasteiger partial charge in [-0.3, -0.25) is 9.59 Å². The summed E-state index contributed by atoms with van der Waals surface area (Å²) in [6.45, 7) is 4.93. The Morgan fingerprint density at radius 2 is 2.00 bits per heavy atom. The van der Waals surface area contributed by atoms with Gasteiger partial charge >= 0.3 is 0 Å². The standard InChI is InChI=1S/C11H21N3O3/c1-7(2)10(16)12-3-4-13-11(17)9-5-8(15)6-14-9/h7-9,14-15H,3-6H2,1-2H3,(H,12,16)(H,13,17). The minimum Gasteiger partial charge on any atom is -0.392 e. The third-order valence-electron chi connectivity index (χ3n) is 2.67. The van der Waals surface area contributed by atoms with E-state index in [4.69, 9.17) is 0 Å². The zero-order chi connectivity index (χ0) is 12.8. The lowest BCUT2D eigenvalue weighted by Gasteiger charge is -2.12. The first-order valence-electron chi connectivity index (χ1n) is 5.97. The number of carbonyl (C=O) groups is 2. The van der Waals surface area contributed by atoms with Crippen LogP contribution in [-0.4, -0.2) is 48.7 Å². The molecule has 0 aromatic rings. The van der Waals surface area contributed by atoms with Crippen molar-refractivity contribution in [3.05, 3.63) is 0 Å². The monoisotopic (exact) mass is 243 g/mol. The molecule has 2 atom stereocenters. The molecule has 6 heteroatoms. The molecule has 2 unspecified atom stereocenters. The Hall–Kier alpha value is -1.14. The molecule has 0 spiro atoms. The predicted octanol–water partition coefficient (Wildman–Crippen LogP) is -1.40. The fourth-order valence-corrected chi connectivity index (χ4v) is 1.62. The van der Waals surface area contributed by atoms with Gasteiger partial charge < -0.3 is 21.1 Å². The van der Waals surface area contributed by atoms with Gasteiger partial charge in [0.1, 0.15) is 0 Å². The number of β-amino-alcohol motifs (C(OH)–C–C–N with tert-alkyl or cyclic N) is 1. The summed E-state index contributed by atoms with van der Waals surface area (Å²) < 4.78 is 0. The Morgan fingerprint density at radius 3 is 2.53 bits per heavy atom. The highest BCUT2D eigenvalue weighted by Gasteiger charge is 2.27. The second kappa shape index (κ2) is 6.56. The van der Waals surface area contributed by atoms with E-state index >= 15 is 0 Å². The first-order chi connectivity index (χ1) is 8.00. The smallest absolute Gasteiger partial charge is 0.237 e. The van der Waals surface area contributed by atoms with Gasteiger partial charge in [0.2, 0.25) is 11.8 Å². The maximum atomic E-state index is 11.6. The van der Waals surface area contributed by atoms with E-state index in [0.29, 0.717) is 26.1 Å². The molecular formula is C11H21N3O3. The van der Waals surface area contributed by atoms with Crippen molar-refractivity contribution in [1.82, 2.24) is 16.0 Å². The number of amides is 2. The second-order valence-corrected chi connectivity index (χ2v) is 4.59. The second-order valence-electron chi connectivity index (χ2n) is 4.59. The van der Waals surface area contributed by atoms with Crippen molar-refractivity contribution in [2.45, 2.75) is 32.4 Å². The predicted molar refractivity (Wildman–Crippen MR) is 63.3 cm³/mol. The fraction of sp³-hybridized carbons (Fsp3) is 0.818. The SMILES string of the molecule is CC(C)C(=O)NCCNC(=O)C1CC(O)CN1. The van der Waals surface area contributed by atoms with Crippen molar-refractivity contribution in [3.63, 3.8) is 0 Å². The van der Waals surface area contributed by atoms with Crippen LogP contribution >= 0.6 is 0 Å². The quantitative estimate of drug-likeness (QED) is 0.447. The molecule has 0 radical (unpaired) electrons. The van der Waals surface area contributed by atoms with Gasteiger partial charge in [0, 0.05) is 25.6 Å². The minimum atomic E-state index is -0.439. The summed E-state index contributed by atoms with van der Waals surface area (Å²) in [5.74, 6) is -0.189. The number of rotatable bonds is 5. The minimum absolute atomic E-state index is 0.0198. The van der Waals surface area contributed by atoms with Crippen LogP contribution in [0.15, 0.2) is 0 Å². The number of hydrogen-bond donors (Lipinski definition) is 4. The van der Waals surface area contributed by atoms with E-state index in [-0.39, 0.29) is 23.8 Å². The fourth-order valence-electron chi connectivity index (χ4n) is 1.62. The number of carbonyl (C=O) groups excluding carboxylic acids is 2. The first kappa shape index (κ1) is 13.9. The molecule has 0 bridgehead atoms. The molecule has 1 fully saturated rings. The molecule has 6 nitrogen and oxygen atoms in total. The lowest BCUT2D eigenvalue weighted by molar-refractivity contribution is -0.125. The van der Waals surface area contributed by atoms with E-state index in [0.717, 1.165) is 0 Å². The van der Waals surface area contributed by atoms with Crippen LogP contribution in [0.2, 0.25) is 0 Å². The number of hydrogen-bond acceptors (Lipinski definition) is 4. The van der Waals surface area contributed by atoms with Crippen molar-refractivity contribution in [2.75, 3.05) is 19.6 Å². The van der Waals surface area contributed by atoms with Gasteiger partial charge in [0.05, 0.1) is 12.1 Å². The van der Waals surface area contributed by atoms with Gasteiger partial charge in [-0.15, -0.1) is 0 Å². The van der Waals surface area contributed by atoms with Crippen molar-refractivity contribution < 1.29 is 14.7 Å². The van der Waals surface area contributed by atoms with Gasteiger partial charge in [0.15, 0.2) is 0 Å². The molecule has 0 aromatic heterocycles. The Kier molecular flexibility index (Phi) is 5.37. The summed E-state index contributed by atoms with van der Waals surface area (Å²) >= 11 is 0. The molecular weight excluding hydrogens is 222 g/mol. The molecule has 0 saturated carbocycles. The van der Waals surface area contributed by atoms with Gasteiger partial charge in [-0.25, -0.2) is 0 Å². The normalized spacial score (nSPS) is 23.8. The summed E-state index contributed by atoms with van der Waals surface area (Å²) in [4.78, 5) is 22.8. The largest absolute Gasteiger partial charge is 0.392 e. The number of aliphatic hydroxyl groups is 1. The average molecular weight is 243 g/mol. The van der Waals surface area contributed by atoms with Crippen LogP contribution in [0.25, 0.3) is 0 Å². The van der Waals surface area contributed by atoms with Crippen molar-refractivity contribution in [1.29, 1.82) is 0 Å². The van der Waals surface area contributed by atoms with Crippen LogP contribution in [0.4, 0.5) is 0 Å². The molecule has 17 heavy (non-hydrogen) atoms. The van der Waals surface area contributed by atoms with Crippen LogP contribution in [-0.2, 0) is 9.59 Å². The molecule has 1 heterocycles. The highest BCUT2D eigenvalue weighted by molar-refractivity contribution is 5.82. The van der Waals surface area contributed by atoms with Crippen molar-refractivity contribution >= 4 is 11.8 Å². The summed E-state index contributed by atoms with van der Waals surface area (Å²) in [6.07, 6.45) is 0.0101. The molecule has 1 aliphatic rings. The van der Waals surface area contributed by atoms with E-state index in [9.17, 15) is 14.7 Å². The van der Waals surface area contributed by atoms with Crippen LogP contribution < -0.4 is 16.0 Å². The van der Waals surface area contributed by atoms with Crippen molar-refractivity contribution in [2.24, 2.45) is 5.92 Å². The number of nitrogens with one attached hydrogen (secondary N) is 3. The number of aliphatic hydroxyl groups excluding tert-OH is 1. The molecule has 0 aromatic carbocycles. The summed E-state index contributed by atoms with van der Waals surface area (Å²) in [7, 11) is 0. The molecule has 1 saturated heterocycles. The zero-order valence-corrected chi connectivity index (χ0v) is 10.3. The van der Waals surface area contributed by atoms with Crippen LogP contribution in [0, 0.1) is 5.92 Å². The lowest BCUT2D eigenvalue weighted by Crippen LogP contribution is -2.43. The zero-order valence-electron chi connectivity index (χ0n) is 10.3. The molecule has 0 aliphatic carbocycles. The summed E-state index contributed by atoms with van der Waals surface area (Å²) in [6, 6.07) is -0.314. The molecule has 1 aliphatic heterocycles. The van der Waals surface area contributed by atoms with E-state index in [1.807, 2.05) is 13.8 Å². The van der Waals surface area contributed by atoms with E-state index in [1.54, 1.807) is 0 Å². The molecule has 2 amide bonds. The summed E-state index contributed by atoms with van der Waals surface area (Å²) in [5.41, 5.74) is 0. The van der Waals surface area contributed by atoms with Crippen LogP contribution in [0.1, 0.15) is 20.3 Å². The van der Waals surface area contributed by atoms with Crippen LogP contribution in [0.5, 0.6) is 0 Å². The first-order valence-corrected chi connectivity index (χ1v) is 5.97. The van der Waals surface area contributed by atoms with Crippen LogP contribution in [0.3, 0.4) is 0 Å². The Labute approximate surface area is 101 Å². The van der Waals surface area contributed by atoms with Gasteiger partial charge in [-0.1, -0.05) is 13.8 Å². The maximum absolute atomic E-state index is 11.6. The van der Waals surface area contributed by atoms with Gasteiger partial charge in [-0.05, 0) is 6.42 Å². The molecule has 98 valence electrons. The third kappa shape index (κ3) is 4.70.